The molecule has 0 spiro atoms. The molecule has 1 aromatic heterocycles. The van der Waals surface area contributed by atoms with E-state index in [-0.39, 0.29) is 0 Å². The molecular formula is C15H19ClN4O. The maximum Gasteiger partial charge on any atom is 0.240 e. The first kappa shape index (κ1) is 14.4. The van der Waals surface area contributed by atoms with Gasteiger partial charge in [-0.05, 0) is 32.0 Å². The summed E-state index contributed by atoms with van der Waals surface area (Å²) in [5, 5.41) is 4.62. The van der Waals surface area contributed by atoms with Crippen LogP contribution in [0.3, 0.4) is 0 Å². The van der Waals surface area contributed by atoms with Crippen LogP contribution < -0.4 is 4.90 Å². The lowest BCUT2D eigenvalue weighted by molar-refractivity contribution is 0.159. The number of piperazine rings is 1. The Morgan fingerprint density at radius 2 is 2.24 bits per heavy atom. The SMILES string of the molecule is Cc1noc(CN2CCN(c3cccc(Cl)c3)CC2C)n1. The summed E-state index contributed by atoms with van der Waals surface area (Å²) < 4.78 is 5.21. The van der Waals surface area contributed by atoms with Gasteiger partial charge in [-0.2, -0.15) is 4.98 Å². The number of anilines is 1. The quantitative estimate of drug-likeness (QED) is 0.872. The summed E-state index contributed by atoms with van der Waals surface area (Å²) in [4.78, 5) is 9.01. The molecule has 2 heterocycles. The second-order valence-electron chi connectivity index (χ2n) is 5.48. The van der Waals surface area contributed by atoms with Gasteiger partial charge in [-0.3, -0.25) is 4.90 Å². The molecule has 1 fully saturated rings. The Morgan fingerprint density at radius 1 is 1.38 bits per heavy atom. The Kier molecular flexibility index (Phi) is 4.12. The minimum atomic E-state index is 0.421. The number of nitrogens with zero attached hydrogens (tertiary/aromatic N) is 4. The number of hydrogen-bond acceptors (Lipinski definition) is 5. The van der Waals surface area contributed by atoms with E-state index >= 15 is 0 Å². The van der Waals surface area contributed by atoms with Crippen molar-refractivity contribution >= 4 is 17.3 Å². The van der Waals surface area contributed by atoms with Crippen molar-refractivity contribution in [3.63, 3.8) is 0 Å². The molecule has 1 atom stereocenters. The summed E-state index contributed by atoms with van der Waals surface area (Å²) in [6, 6.07) is 8.45. The number of hydrogen-bond donors (Lipinski definition) is 0. The lowest BCUT2D eigenvalue weighted by Gasteiger charge is -2.40. The molecule has 2 aromatic rings. The van der Waals surface area contributed by atoms with E-state index in [2.05, 4.69) is 32.9 Å². The fraction of sp³-hybridized carbons (Fsp3) is 0.467. The molecule has 1 aromatic carbocycles. The van der Waals surface area contributed by atoms with Crippen LogP contribution in [0.1, 0.15) is 18.6 Å². The summed E-state index contributed by atoms with van der Waals surface area (Å²) in [6.07, 6.45) is 0. The average molecular weight is 307 g/mol. The lowest BCUT2D eigenvalue weighted by Crippen LogP contribution is -2.51. The number of rotatable bonds is 3. The first-order valence-corrected chi connectivity index (χ1v) is 7.53. The van der Waals surface area contributed by atoms with Crippen LogP contribution in [-0.4, -0.2) is 40.7 Å². The Hall–Kier alpha value is -1.59. The van der Waals surface area contributed by atoms with Crippen LogP contribution >= 0.6 is 11.6 Å². The van der Waals surface area contributed by atoms with Gasteiger partial charge in [0.25, 0.3) is 0 Å². The normalized spacial score (nSPS) is 20.0. The average Bonchev–Trinajstić information content (AvgIpc) is 2.86. The minimum absolute atomic E-state index is 0.421. The maximum absolute atomic E-state index is 6.07. The highest BCUT2D eigenvalue weighted by Crippen LogP contribution is 2.23. The number of aryl methyl sites for hydroxylation is 1. The predicted molar refractivity (Wildman–Crippen MR) is 82.6 cm³/mol. The van der Waals surface area contributed by atoms with Gasteiger partial charge in [0.1, 0.15) is 0 Å². The highest BCUT2D eigenvalue weighted by atomic mass is 35.5. The molecule has 21 heavy (non-hydrogen) atoms. The van der Waals surface area contributed by atoms with Gasteiger partial charge in [0.15, 0.2) is 5.82 Å². The highest BCUT2D eigenvalue weighted by molar-refractivity contribution is 6.30. The van der Waals surface area contributed by atoms with Gasteiger partial charge in [-0.15, -0.1) is 0 Å². The minimum Gasteiger partial charge on any atom is -0.369 e. The number of benzene rings is 1. The maximum atomic E-state index is 6.07. The van der Waals surface area contributed by atoms with Crippen molar-refractivity contribution in [2.75, 3.05) is 24.5 Å². The first-order chi connectivity index (χ1) is 10.1. The molecule has 112 valence electrons. The lowest BCUT2D eigenvalue weighted by atomic mass is 10.1. The van der Waals surface area contributed by atoms with Crippen LogP contribution in [0.25, 0.3) is 0 Å². The zero-order valence-electron chi connectivity index (χ0n) is 12.3. The fourth-order valence-corrected chi connectivity index (χ4v) is 2.90. The van der Waals surface area contributed by atoms with Crippen LogP contribution in [0.5, 0.6) is 0 Å². The number of halogens is 1. The van der Waals surface area contributed by atoms with E-state index < -0.39 is 0 Å². The van der Waals surface area contributed by atoms with E-state index in [1.54, 1.807) is 0 Å². The topological polar surface area (TPSA) is 45.4 Å². The highest BCUT2D eigenvalue weighted by Gasteiger charge is 2.25. The third kappa shape index (κ3) is 3.36. The van der Waals surface area contributed by atoms with Gasteiger partial charge in [0, 0.05) is 36.4 Å². The van der Waals surface area contributed by atoms with Crippen molar-refractivity contribution in [3.05, 3.63) is 41.0 Å². The van der Waals surface area contributed by atoms with Gasteiger partial charge < -0.3 is 9.42 Å². The van der Waals surface area contributed by atoms with Gasteiger partial charge in [-0.25, -0.2) is 0 Å². The van der Waals surface area contributed by atoms with Crippen molar-refractivity contribution in [3.8, 4) is 0 Å². The van der Waals surface area contributed by atoms with Crippen molar-refractivity contribution in [2.24, 2.45) is 0 Å². The van der Waals surface area contributed by atoms with Gasteiger partial charge in [0.2, 0.25) is 5.89 Å². The van der Waals surface area contributed by atoms with E-state index in [1.165, 1.54) is 5.69 Å². The smallest absolute Gasteiger partial charge is 0.240 e. The molecule has 3 rings (SSSR count). The Labute approximate surface area is 129 Å². The van der Waals surface area contributed by atoms with E-state index in [1.807, 2.05) is 25.1 Å². The fourth-order valence-electron chi connectivity index (χ4n) is 2.72. The molecule has 0 radical (unpaired) electrons. The molecule has 6 heteroatoms. The zero-order chi connectivity index (χ0) is 14.8. The van der Waals surface area contributed by atoms with Crippen LogP contribution in [0.2, 0.25) is 5.02 Å². The molecule has 1 saturated heterocycles. The van der Waals surface area contributed by atoms with E-state index in [0.29, 0.717) is 24.3 Å². The third-order valence-electron chi connectivity index (χ3n) is 3.85. The van der Waals surface area contributed by atoms with Crippen molar-refractivity contribution < 1.29 is 4.52 Å². The van der Waals surface area contributed by atoms with Gasteiger partial charge >= 0.3 is 0 Å². The Morgan fingerprint density at radius 3 is 2.90 bits per heavy atom. The second kappa shape index (κ2) is 6.03. The van der Waals surface area contributed by atoms with Crippen molar-refractivity contribution in [1.82, 2.24) is 15.0 Å². The molecule has 0 bridgehead atoms. The van der Waals surface area contributed by atoms with E-state index in [9.17, 15) is 0 Å². The number of aromatic nitrogens is 2. The van der Waals surface area contributed by atoms with Crippen LogP contribution in [0, 0.1) is 6.92 Å². The van der Waals surface area contributed by atoms with Gasteiger partial charge in [-0.1, -0.05) is 22.8 Å². The van der Waals surface area contributed by atoms with E-state index in [0.717, 1.165) is 24.7 Å². The second-order valence-corrected chi connectivity index (χ2v) is 5.92. The monoisotopic (exact) mass is 306 g/mol. The first-order valence-electron chi connectivity index (χ1n) is 7.15. The predicted octanol–water partition coefficient (Wildman–Crippen LogP) is 2.74. The molecule has 0 saturated carbocycles. The molecular weight excluding hydrogens is 288 g/mol. The summed E-state index contributed by atoms with van der Waals surface area (Å²) in [7, 11) is 0. The molecule has 0 N–H and O–H groups in total. The molecule has 1 unspecified atom stereocenters. The molecule has 5 nitrogen and oxygen atoms in total. The van der Waals surface area contributed by atoms with Gasteiger partial charge in [0.05, 0.1) is 6.54 Å². The summed E-state index contributed by atoms with van der Waals surface area (Å²) in [6.45, 7) is 7.68. The summed E-state index contributed by atoms with van der Waals surface area (Å²) in [5.74, 6) is 1.38. The third-order valence-corrected chi connectivity index (χ3v) is 4.08. The largest absolute Gasteiger partial charge is 0.369 e. The summed E-state index contributed by atoms with van der Waals surface area (Å²) in [5.41, 5.74) is 1.18. The molecule has 0 aliphatic carbocycles. The van der Waals surface area contributed by atoms with Crippen molar-refractivity contribution in [1.29, 1.82) is 0 Å². The van der Waals surface area contributed by atoms with E-state index in [4.69, 9.17) is 16.1 Å². The summed E-state index contributed by atoms with van der Waals surface area (Å²) >= 11 is 6.07. The van der Waals surface area contributed by atoms with Crippen LogP contribution in [0.4, 0.5) is 5.69 Å². The Balaban J connectivity index is 1.64. The van der Waals surface area contributed by atoms with Crippen LogP contribution in [-0.2, 0) is 6.54 Å². The van der Waals surface area contributed by atoms with Crippen molar-refractivity contribution in [2.45, 2.75) is 26.4 Å². The molecule has 1 aliphatic heterocycles. The standard InChI is InChI=1S/C15H19ClN4O/c1-11-9-20(14-5-3-4-13(16)8-14)7-6-19(11)10-15-17-12(2)18-21-15/h3-5,8,11H,6-7,9-10H2,1-2H3. The zero-order valence-corrected chi connectivity index (χ0v) is 13.0. The Bertz CT molecular complexity index is 615. The molecule has 0 amide bonds. The molecule has 1 aliphatic rings. The van der Waals surface area contributed by atoms with Crippen LogP contribution in [0.15, 0.2) is 28.8 Å².